The van der Waals surface area contributed by atoms with Gasteiger partial charge in [-0.05, 0) is 25.2 Å². The van der Waals surface area contributed by atoms with Crippen LogP contribution in [0.1, 0.15) is 18.9 Å². The Balaban J connectivity index is 1.46. The van der Waals surface area contributed by atoms with Gasteiger partial charge in [0.15, 0.2) is 0 Å². The number of nitrogens with one attached hydrogen (secondary N) is 1. The van der Waals surface area contributed by atoms with E-state index >= 15 is 0 Å². The van der Waals surface area contributed by atoms with Gasteiger partial charge in [0, 0.05) is 50.1 Å². The van der Waals surface area contributed by atoms with E-state index in [9.17, 15) is 4.79 Å². The SMILES string of the molecule is COc1ccccc1CNC(=O)[C@@H](C)N1CCN([C@@H]2CCSC2)CC1. The first-order valence-corrected chi connectivity index (χ1v) is 10.3. The highest BCUT2D eigenvalue weighted by Crippen LogP contribution is 2.23. The molecule has 3 rings (SSSR count). The normalized spacial score (nSPS) is 23.4. The van der Waals surface area contributed by atoms with E-state index in [1.165, 1.54) is 17.9 Å². The number of rotatable bonds is 6. The third-order valence-corrected chi connectivity index (χ3v) is 6.49. The molecule has 2 fully saturated rings. The standard InChI is InChI=1S/C19H29N3O2S/c1-15(19(23)20-13-16-5-3-4-6-18(16)24-2)21-8-10-22(11-9-21)17-7-12-25-14-17/h3-6,15,17H,7-14H2,1-2H3,(H,20,23)/t15-,17-/m1/s1. The number of para-hydroxylation sites is 1. The summed E-state index contributed by atoms with van der Waals surface area (Å²) >= 11 is 2.07. The van der Waals surface area contributed by atoms with Gasteiger partial charge in [0.05, 0.1) is 13.2 Å². The topological polar surface area (TPSA) is 44.8 Å². The lowest BCUT2D eigenvalue weighted by atomic mass is 10.1. The fourth-order valence-corrected chi connectivity index (χ4v) is 4.90. The molecule has 0 saturated carbocycles. The molecule has 2 aliphatic heterocycles. The van der Waals surface area contributed by atoms with Crippen LogP contribution in [0.25, 0.3) is 0 Å². The van der Waals surface area contributed by atoms with E-state index < -0.39 is 0 Å². The third kappa shape index (κ3) is 4.68. The quantitative estimate of drug-likeness (QED) is 0.835. The van der Waals surface area contributed by atoms with Gasteiger partial charge in [-0.2, -0.15) is 11.8 Å². The van der Waals surface area contributed by atoms with Crippen molar-refractivity contribution in [3.63, 3.8) is 0 Å². The van der Waals surface area contributed by atoms with Crippen molar-refractivity contribution in [2.45, 2.75) is 32.0 Å². The Kier molecular flexibility index (Phi) is 6.62. The van der Waals surface area contributed by atoms with Gasteiger partial charge in [-0.1, -0.05) is 18.2 Å². The van der Waals surface area contributed by atoms with Crippen molar-refractivity contribution in [1.82, 2.24) is 15.1 Å². The molecule has 2 heterocycles. The van der Waals surface area contributed by atoms with Crippen LogP contribution in [0, 0.1) is 0 Å². The number of methoxy groups -OCH3 is 1. The molecule has 138 valence electrons. The van der Waals surface area contributed by atoms with E-state index in [1.54, 1.807) is 7.11 Å². The van der Waals surface area contributed by atoms with Crippen LogP contribution in [0.2, 0.25) is 0 Å². The van der Waals surface area contributed by atoms with Crippen LogP contribution in [-0.2, 0) is 11.3 Å². The van der Waals surface area contributed by atoms with Gasteiger partial charge in [0.1, 0.15) is 5.75 Å². The summed E-state index contributed by atoms with van der Waals surface area (Å²) in [6.45, 7) is 6.63. The smallest absolute Gasteiger partial charge is 0.237 e. The molecule has 0 aromatic heterocycles. The Labute approximate surface area is 155 Å². The van der Waals surface area contributed by atoms with Crippen LogP contribution in [0.4, 0.5) is 0 Å². The molecule has 1 amide bonds. The lowest BCUT2D eigenvalue weighted by Crippen LogP contribution is -2.55. The highest BCUT2D eigenvalue weighted by Gasteiger charge is 2.29. The van der Waals surface area contributed by atoms with Crippen LogP contribution in [0.15, 0.2) is 24.3 Å². The number of hydrogen-bond donors (Lipinski definition) is 1. The first-order valence-electron chi connectivity index (χ1n) is 9.14. The number of amides is 1. The molecule has 0 bridgehead atoms. The van der Waals surface area contributed by atoms with E-state index in [2.05, 4.69) is 26.9 Å². The van der Waals surface area contributed by atoms with Gasteiger partial charge in [-0.25, -0.2) is 0 Å². The molecule has 5 nitrogen and oxygen atoms in total. The largest absolute Gasteiger partial charge is 0.496 e. The van der Waals surface area contributed by atoms with E-state index in [1.807, 2.05) is 31.2 Å². The number of thioether (sulfide) groups is 1. The number of carbonyl (C=O) groups excluding carboxylic acids is 1. The monoisotopic (exact) mass is 363 g/mol. The molecule has 6 heteroatoms. The summed E-state index contributed by atoms with van der Waals surface area (Å²) in [5.74, 6) is 3.48. The second-order valence-corrected chi connectivity index (χ2v) is 7.94. The summed E-state index contributed by atoms with van der Waals surface area (Å²) in [5, 5.41) is 3.06. The number of nitrogens with zero attached hydrogens (tertiary/aromatic N) is 2. The molecule has 1 aromatic rings. The molecular weight excluding hydrogens is 334 g/mol. The van der Waals surface area contributed by atoms with Gasteiger partial charge in [-0.3, -0.25) is 14.6 Å². The molecule has 0 spiro atoms. The zero-order valence-corrected chi connectivity index (χ0v) is 16.1. The molecule has 1 aromatic carbocycles. The van der Waals surface area contributed by atoms with Crippen LogP contribution in [0.3, 0.4) is 0 Å². The van der Waals surface area contributed by atoms with E-state index in [0.29, 0.717) is 6.54 Å². The maximum atomic E-state index is 12.5. The van der Waals surface area contributed by atoms with Crippen LogP contribution in [-0.4, -0.2) is 72.6 Å². The van der Waals surface area contributed by atoms with Gasteiger partial charge in [-0.15, -0.1) is 0 Å². The summed E-state index contributed by atoms with van der Waals surface area (Å²) in [6, 6.07) is 8.48. The van der Waals surface area contributed by atoms with Gasteiger partial charge in [0.2, 0.25) is 5.91 Å². The fourth-order valence-electron chi connectivity index (χ4n) is 3.64. The molecule has 2 aliphatic rings. The van der Waals surface area contributed by atoms with Crippen molar-refractivity contribution in [1.29, 1.82) is 0 Å². The predicted octanol–water partition coefficient (Wildman–Crippen LogP) is 1.82. The van der Waals surface area contributed by atoms with Gasteiger partial charge >= 0.3 is 0 Å². The Morgan fingerprint density at radius 2 is 2.08 bits per heavy atom. The molecule has 0 aliphatic carbocycles. The molecule has 1 N–H and O–H groups in total. The minimum atomic E-state index is -0.0881. The first-order chi connectivity index (χ1) is 12.2. The average molecular weight is 364 g/mol. The summed E-state index contributed by atoms with van der Waals surface area (Å²) in [5.41, 5.74) is 1.01. The summed E-state index contributed by atoms with van der Waals surface area (Å²) in [7, 11) is 1.66. The summed E-state index contributed by atoms with van der Waals surface area (Å²) < 4.78 is 5.35. The van der Waals surface area contributed by atoms with Crippen LogP contribution < -0.4 is 10.1 Å². The molecule has 2 saturated heterocycles. The second-order valence-electron chi connectivity index (χ2n) is 6.79. The first kappa shape index (κ1) is 18.5. The fraction of sp³-hybridized carbons (Fsp3) is 0.632. The van der Waals surface area contributed by atoms with E-state index in [-0.39, 0.29) is 11.9 Å². The van der Waals surface area contributed by atoms with E-state index in [4.69, 9.17) is 4.74 Å². The van der Waals surface area contributed by atoms with Crippen molar-refractivity contribution >= 4 is 17.7 Å². The Morgan fingerprint density at radius 1 is 1.32 bits per heavy atom. The van der Waals surface area contributed by atoms with Crippen molar-refractivity contribution in [3.05, 3.63) is 29.8 Å². The Morgan fingerprint density at radius 3 is 2.76 bits per heavy atom. The maximum absolute atomic E-state index is 12.5. The number of piperazine rings is 1. The van der Waals surface area contributed by atoms with Crippen molar-refractivity contribution in [3.8, 4) is 5.75 Å². The lowest BCUT2D eigenvalue weighted by Gasteiger charge is -2.39. The lowest BCUT2D eigenvalue weighted by molar-refractivity contribution is -0.126. The van der Waals surface area contributed by atoms with Crippen molar-refractivity contribution in [2.75, 3.05) is 44.8 Å². The second kappa shape index (κ2) is 8.92. The third-order valence-electron chi connectivity index (χ3n) is 5.34. The minimum Gasteiger partial charge on any atom is -0.496 e. The van der Waals surface area contributed by atoms with Crippen molar-refractivity contribution in [2.24, 2.45) is 0 Å². The number of benzene rings is 1. The van der Waals surface area contributed by atoms with Crippen molar-refractivity contribution < 1.29 is 9.53 Å². The molecule has 25 heavy (non-hydrogen) atoms. The summed E-state index contributed by atoms with van der Waals surface area (Å²) in [4.78, 5) is 17.5. The Hall–Kier alpha value is -1.24. The Bertz CT molecular complexity index is 570. The molecule has 0 unspecified atom stereocenters. The molecular formula is C19H29N3O2S. The number of hydrogen-bond acceptors (Lipinski definition) is 5. The number of ether oxygens (including phenoxy) is 1. The predicted molar refractivity (Wildman–Crippen MR) is 103 cm³/mol. The highest BCUT2D eigenvalue weighted by molar-refractivity contribution is 7.99. The van der Waals surface area contributed by atoms with Crippen LogP contribution >= 0.6 is 11.8 Å². The maximum Gasteiger partial charge on any atom is 0.237 e. The zero-order chi connectivity index (χ0) is 17.6. The highest BCUT2D eigenvalue weighted by atomic mass is 32.2. The minimum absolute atomic E-state index is 0.0881. The molecule has 0 radical (unpaired) electrons. The van der Waals surface area contributed by atoms with E-state index in [0.717, 1.165) is 43.5 Å². The summed E-state index contributed by atoms with van der Waals surface area (Å²) in [6.07, 6.45) is 1.32. The van der Waals surface area contributed by atoms with Gasteiger partial charge < -0.3 is 10.1 Å². The average Bonchev–Trinajstić information content (AvgIpc) is 3.20. The van der Waals surface area contributed by atoms with Gasteiger partial charge in [0.25, 0.3) is 0 Å². The molecule has 2 atom stereocenters. The zero-order valence-electron chi connectivity index (χ0n) is 15.2. The number of carbonyl (C=O) groups is 1. The van der Waals surface area contributed by atoms with Crippen LogP contribution in [0.5, 0.6) is 5.75 Å².